The van der Waals surface area contributed by atoms with E-state index in [1.807, 2.05) is 31.2 Å². The van der Waals surface area contributed by atoms with E-state index in [1.54, 1.807) is 28.9 Å². The number of nitrogens with zero attached hydrogens (tertiary/aromatic N) is 2. The summed E-state index contributed by atoms with van der Waals surface area (Å²) in [7, 11) is 0. The lowest BCUT2D eigenvalue weighted by Crippen LogP contribution is -2.13. The number of hydrogen-bond donors (Lipinski definition) is 1. The van der Waals surface area contributed by atoms with Crippen molar-refractivity contribution in [3.63, 3.8) is 0 Å². The van der Waals surface area contributed by atoms with Gasteiger partial charge in [-0.25, -0.2) is 4.68 Å². The fourth-order valence-corrected chi connectivity index (χ4v) is 3.16. The summed E-state index contributed by atoms with van der Waals surface area (Å²) in [5.41, 5.74) is 2.52. The summed E-state index contributed by atoms with van der Waals surface area (Å²) >= 11 is 3.85. The fourth-order valence-electron chi connectivity index (χ4n) is 2.39. The number of nitrogens with one attached hydrogen (secondary N) is 1. The minimum atomic E-state index is -2.47. The highest BCUT2D eigenvalue weighted by atomic mass is 79.9. The largest absolute Gasteiger partial charge is 0.322 e. The SMILES string of the molecule is Cc1c(C(=O)Nc2ccc(SC(F)F)cc2)cnn1-c1ccc(Br)cc1. The van der Waals surface area contributed by atoms with Crippen molar-refractivity contribution in [2.45, 2.75) is 17.6 Å². The summed E-state index contributed by atoms with van der Waals surface area (Å²) < 4.78 is 27.3. The number of hydrogen-bond acceptors (Lipinski definition) is 3. The third-order valence-electron chi connectivity index (χ3n) is 3.66. The molecule has 1 aromatic heterocycles. The van der Waals surface area contributed by atoms with Gasteiger partial charge >= 0.3 is 0 Å². The number of rotatable bonds is 5. The van der Waals surface area contributed by atoms with Gasteiger partial charge in [0.2, 0.25) is 0 Å². The molecule has 3 aromatic rings. The molecular weight excluding hydrogens is 424 g/mol. The topological polar surface area (TPSA) is 46.9 Å². The lowest BCUT2D eigenvalue weighted by molar-refractivity contribution is 0.102. The highest BCUT2D eigenvalue weighted by Gasteiger charge is 2.15. The maximum atomic E-state index is 12.5. The molecule has 26 heavy (non-hydrogen) atoms. The van der Waals surface area contributed by atoms with Crippen LogP contribution in [0.3, 0.4) is 0 Å². The van der Waals surface area contributed by atoms with Crippen LogP contribution < -0.4 is 5.32 Å². The lowest BCUT2D eigenvalue weighted by Gasteiger charge is -2.07. The van der Waals surface area contributed by atoms with Gasteiger partial charge in [0.1, 0.15) is 0 Å². The average Bonchev–Trinajstić information content (AvgIpc) is 2.98. The lowest BCUT2D eigenvalue weighted by atomic mass is 10.2. The Morgan fingerprint density at radius 3 is 2.42 bits per heavy atom. The Kier molecular flexibility index (Phi) is 5.73. The molecule has 0 spiro atoms. The fraction of sp³-hybridized carbons (Fsp3) is 0.111. The van der Waals surface area contributed by atoms with E-state index in [0.29, 0.717) is 33.6 Å². The molecule has 0 saturated heterocycles. The molecule has 0 aliphatic carbocycles. The van der Waals surface area contributed by atoms with E-state index in [9.17, 15) is 13.6 Å². The summed E-state index contributed by atoms with van der Waals surface area (Å²) in [5, 5.41) is 7.04. The van der Waals surface area contributed by atoms with Crippen LogP contribution in [0.5, 0.6) is 0 Å². The molecule has 4 nitrogen and oxygen atoms in total. The Hall–Kier alpha value is -2.19. The quantitative estimate of drug-likeness (QED) is 0.535. The van der Waals surface area contributed by atoms with E-state index in [4.69, 9.17) is 0 Å². The van der Waals surface area contributed by atoms with Gasteiger partial charge in [0.15, 0.2) is 0 Å². The van der Waals surface area contributed by atoms with E-state index < -0.39 is 5.76 Å². The number of benzene rings is 2. The predicted molar refractivity (Wildman–Crippen MR) is 102 cm³/mol. The van der Waals surface area contributed by atoms with Crippen LogP contribution in [0.1, 0.15) is 16.1 Å². The number of thioether (sulfide) groups is 1. The first kappa shape index (κ1) is 18.6. The molecule has 0 aliphatic heterocycles. The second-order valence-electron chi connectivity index (χ2n) is 5.39. The van der Waals surface area contributed by atoms with Crippen LogP contribution in [0.25, 0.3) is 5.69 Å². The van der Waals surface area contributed by atoms with Crippen LogP contribution in [-0.4, -0.2) is 21.4 Å². The minimum Gasteiger partial charge on any atom is -0.322 e. The van der Waals surface area contributed by atoms with Crippen molar-refractivity contribution in [3.05, 3.63) is 70.5 Å². The standard InChI is InChI=1S/C18H14BrF2N3OS/c1-11-16(10-22-24(11)14-6-2-12(19)3-7-14)17(25)23-13-4-8-15(9-5-13)26-18(20)21/h2-10,18H,1H3,(H,23,25). The Balaban J connectivity index is 1.75. The van der Waals surface area contributed by atoms with E-state index in [-0.39, 0.29) is 5.91 Å². The van der Waals surface area contributed by atoms with E-state index in [1.165, 1.54) is 6.20 Å². The number of carbonyl (C=O) groups is 1. The molecule has 8 heteroatoms. The average molecular weight is 438 g/mol. The molecular formula is C18H14BrF2N3OS. The van der Waals surface area contributed by atoms with Gasteiger partial charge in [0.25, 0.3) is 11.7 Å². The summed E-state index contributed by atoms with van der Waals surface area (Å²) in [6.45, 7) is 1.81. The summed E-state index contributed by atoms with van der Waals surface area (Å²) in [4.78, 5) is 12.9. The smallest absolute Gasteiger partial charge is 0.288 e. The molecule has 0 unspecified atom stereocenters. The molecule has 0 fully saturated rings. The third-order valence-corrected chi connectivity index (χ3v) is 4.91. The molecule has 1 amide bonds. The van der Waals surface area contributed by atoms with Gasteiger partial charge in [-0.15, -0.1) is 0 Å². The molecule has 0 atom stereocenters. The van der Waals surface area contributed by atoms with Crippen LogP contribution in [0.15, 0.2) is 64.1 Å². The number of aromatic nitrogens is 2. The van der Waals surface area contributed by atoms with Crippen LogP contribution in [0, 0.1) is 6.92 Å². The predicted octanol–water partition coefficient (Wildman–Crippen LogP) is 5.51. The van der Waals surface area contributed by atoms with Gasteiger partial charge in [-0.05, 0) is 55.5 Å². The first-order valence-corrected chi connectivity index (χ1v) is 9.28. The van der Waals surface area contributed by atoms with Gasteiger partial charge in [0.05, 0.1) is 23.1 Å². The van der Waals surface area contributed by atoms with Crippen molar-refractivity contribution in [2.24, 2.45) is 0 Å². The molecule has 134 valence electrons. The molecule has 0 aliphatic rings. The number of alkyl halides is 2. The second-order valence-corrected chi connectivity index (χ2v) is 7.37. The van der Waals surface area contributed by atoms with Crippen LogP contribution in [-0.2, 0) is 0 Å². The van der Waals surface area contributed by atoms with Crippen LogP contribution in [0.4, 0.5) is 14.5 Å². The maximum Gasteiger partial charge on any atom is 0.288 e. The van der Waals surface area contributed by atoms with Crippen molar-refractivity contribution >= 4 is 39.3 Å². The number of amides is 1. The van der Waals surface area contributed by atoms with Crippen molar-refractivity contribution in [1.29, 1.82) is 0 Å². The van der Waals surface area contributed by atoms with Gasteiger partial charge < -0.3 is 5.32 Å². The molecule has 1 heterocycles. The van der Waals surface area contributed by atoms with Crippen LogP contribution in [0.2, 0.25) is 0 Å². The molecule has 3 rings (SSSR count). The zero-order valence-corrected chi connectivity index (χ0v) is 16.0. The van der Waals surface area contributed by atoms with E-state index in [0.717, 1.165) is 10.2 Å². The molecule has 0 radical (unpaired) electrons. The van der Waals surface area contributed by atoms with Gasteiger partial charge in [-0.2, -0.15) is 13.9 Å². The van der Waals surface area contributed by atoms with E-state index in [2.05, 4.69) is 26.3 Å². The Morgan fingerprint density at radius 2 is 1.81 bits per heavy atom. The summed E-state index contributed by atoms with van der Waals surface area (Å²) in [5.74, 6) is -2.78. The number of halogens is 3. The van der Waals surface area contributed by atoms with Gasteiger partial charge in [-0.1, -0.05) is 27.7 Å². The first-order valence-electron chi connectivity index (χ1n) is 7.61. The van der Waals surface area contributed by atoms with Crippen molar-refractivity contribution in [2.75, 3.05) is 5.32 Å². The normalized spacial score (nSPS) is 11.0. The first-order chi connectivity index (χ1) is 12.4. The Labute approximate surface area is 161 Å². The molecule has 0 saturated carbocycles. The summed E-state index contributed by atoms with van der Waals surface area (Å²) in [6.07, 6.45) is 1.51. The van der Waals surface area contributed by atoms with Crippen molar-refractivity contribution in [1.82, 2.24) is 9.78 Å². The highest BCUT2D eigenvalue weighted by molar-refractivity contribution is 9.10. The monoisotopic (exact) mass is 437 g/mol. The van der Waals surface area contributed by atoms with E-state index >= 15 is 0 Å². The maximum absolute atomic E-state index is 12.5. The van der Waals surface area contributed by atoms with Crippen molar-refractivity contribution < 1.29 is 13.6 Å². The number of carbonyl (C=O) groups excluding carboxylic acids is 1. The zero-order chi connectivity index (χ0) is 18.7. The molecule has 2 aromatic carbocycles. The molecule has 0 bridgehead atoms. The summed E-state index contributed by atoms with van der Waals surface area (Å²) in [6, 6.07) is 13.9. The second kappa shape index (κ2) is 8.01. The van der Waals surface area contributed by atoms with Crippen molar-refractivity contribution in [3.8, 4) is 5.69 Å². The minimum absolute atomic E-state index is 0.305. The third kappa shape index (κ3) is 4.31. The number of anilines is 1. The zero-order valence-electron chi connectivity index (χ0n) is 13.6. The van der Waals surface area contributed by atoms with Gasteiger partial charge in [-0.3, -0.25) is 4.79 Å². The Morgan fingerprint density at radius 1 is 1.15 bits per heavy atom. The Bertz CT molecular complexity index is 911. The molecule has 1 N–H and O–H groups in total. The van der Waals surface area contributed by atoms with Crippen LogP contribution >= 0.6 is 27.7 Å². The highest BCUT2D eigenvalue weighted by Crippen LogP contribution is 2.26. The van der Waals surface area contributed by atoms with Gasteiger partial charge in [0, 0.05) is 15.1 Å².